The molecule has 1 N–H and O–H groups in total. The van der Waals surface area contributed by atoms with Crippen LogP contribution in [-0.2, 0) is 28.9 Å². The Hall–Kier alpha value is -1.90. The van der Waals surface area contributed by atoms with Gasteiger partial charge in [0, 0.05) is 23.6 Å². The summed E-state index contributed by atoms with van der Waals surface area (Å²) in [4.78, 5) is 29.4. The van der Waals surface area contributed by atoms with E-state index in [1.807, 2.05) is 0 Å². The first-order valence-corrected chi connectivity index (χ1v) is 11.5. The van der Waals surface area contributed by atoms with E-state index >= 15 is 0 Å². The number of thioether (sulfide) groups is 1. The second-order valence-corrected chi connectivity index (χ2v) is 8.91. The lowest BCUT2D eigenvalue weighted by Gasteiger charge is -2.24. The Morgan fingerprint density at radius 3 is 2.93 bits per heavy atom. The van der Waals surface area contributed by atoms with Crippen LogP contribution in [0.5, 0.6) is 0 Å². The number of carbonyl (C=O) groups excluding carboxylic acids is 1. The van der Waals surface area contributed by atoms with Crippen molar-refractivity contribution in [2.24, 2.45) is 0 Å². The maximum Gasteiger partial charge on any atom is 0.348 e. The third kappa shape index (κ3) is 4.87. The SMILES string of the molecule is O=C(CSc1nc(=O)n(CC2CCCO2)c2c1CCCC2)Nc1ccc(F)c(Cl)c1. The van der Waals surface area contributed by atoms with Crippen LogP contribution in [0, 0.1) is 5.82 Å². The van der Waals surface area contributed by atoms with Crippen molar-refractivity contribution in [3.8, 4) is 0 Å². The van der Waals surface area contributed by atoms with Gasteiger partial charge in [-0.25, -0.2) is 9.18 Å². The van der Waals surface area contributed by atoms with Crippen LogP contribution in [0.15, 0.2) is 28.0 Å². The first-order chi connectivity index (χ1) is 14.5. The van der Waals surface area contributed by atoms with E-state index < -0.39 is 5.82 Å². The van der Waals surface area contributed by atoms with Gasteiger partial charge in [-0.1, -0.05) is 23.4 Å². The normalized spacial score (nSPS) is 18.3. The number of amides is 1. The predicted molar refractivity (Wildman–Crippen MR) is 115 cm³/mol. The Morgan fingerprint density at radius 2 is 2.17 bits per heavy atom. The van der Waals surface area contributed by atoms with Gasteiger partial charge in [0.15, 0.2) is 0 Å². The summed E-state index contributed by atoms with van der Waals surface area (Å²) in [5.74, 6) is -0.704. The number of hydrogen-bond donors (Lipinski definition) is 1. The molecule has 30 heavy (non-hydrogen) atoms. The van der Waals surface area contributed by atoms with Crippen LogP contribution in [0.2, 0.25) is 5.02 Å². The minimum Gasteiger partial charge on any atom is -0.376 e. The third-order valence-corrected chi connectivity index (χ3v) is 6.71. The van der Waals surface area contributed by atoms with Crippen molar-refractivity contribution >= 4 is 35.0 Å². The third-order valence-electron chi connectivity index (χ3n) is 5.40. The summed E-state index contributed by atoms with van der Waals surface area (Å²) in [6.45, 7) is 1.29. The molecule has 1 aliphatic heterocycles. The quantitative estimate of drug-likeness (QED) is 0.534. The van der Waals surface area contributed by atoms with Gasteiger partial charge < -0.3 is 10.1 Å². The largest absolute Gasteiger partial charge is 0.376 e. The summed E-state index contributed by atoms with van der Waals surface area (Å²) in [6, 6.07) is 4.03. The lowest BCUT2D eigenvalue weighted by Crippen LogP contribution is -2.34. The molecule has 0 bridgehead atoms. The molecule has 0 radical (unpaired) electrons. The second-order valence-electron chi connectivity index (χ2n) is 7.54. The molecule has 6 nitrogen and oxygen atoms in total. The van der Waals surface area contributed by atoms with Crippen molar-refractivity contribution in [3.05, 3.63) is 50.8 Å². The van der Waals surface area contributed by atoms with Gasteiger partial charge in [0.05, 0.1) is 23.4 Å². The standard InChI is InChI=1S/C21H23ClFN3O3S/c22-16-10-13(7-8-17(16)23)24-19(27)12-30-20-15-5-1-2-6-18(15)26(21(28)25-20)11-14-4-3-9-29-14/h7-8,10,14H,1-6,9,11-12H2,(H,24,27). The van der Waals surface area contributed by atoms with E-state index in [1.54, 1.807) is 4.57 Å². The van der Waals surface area contributed by atoms with Crippen LogP contribution < -0.4 is 11.0 Å². The number of benzene rings is 1. The lowest BCUT2D eigenvalue weighted by molar-refractivity contribution is -0.113. The molecule has 1 fully saturated rings. The van der Waals surface area contributed by atoms with Crippen molar-refractivity contribution in [3.63, 3.8) is 0 Å². The predicted octanol–water partition coefficient (Wildman–Crippen LogP) is 3.82. The Balaban J connectivity index is 1.48. The molecule has 0 saturated carbocycles. The molecule has 9 heteroatoms. The molecule has 2 heterocycles. The van der Waals surface area contributed by atoms with Gasteiger partial charge in [-0.2, -0.15) is 4.98 Å². The van der Waals surface area contributed by atoms with Gasteiger partial charge in [0.25, 0.3) is 0 Å². The summed E-state index contributed by atoms with van der Waals surface area (Å²) in [5, 5.41) is 3.28. The Bertz CT molecular complexity index is 1010. The zero-order valence-corrected chi connectivity index (χ0v) is 18.0. The number of ether oxygens (including phenoxy) is 1. The van der Waals surface area contributed by atoms with Crippen LogP contribution in [0.1, 0.15) is 36.9 Å². The van der Waals surface area contributed by atoms with Gasteiger partial charge >= 0.3 is 5.69 Å². The molecule has 1 unspecified atom stereocenters. The molecule has 2 aliphatic rings. The fourth-order valence-corrected chi connectivity index (χ4v) is 5.01. The maximum atomic E-state index is 13.3. The highest BCUT2D eigenvalue weighted by Crippen LogP contribution is 2.29. The number of halogens is 2. The highest BCUT2D eigenvalue weighted by atomic mass is 35.5. The van der Waals surface area contributed by atoms with E-state index in [-0.39, 0.29) is 28.5 Å². The fourth-order valence-electron chi connectivity index (χ4n) is 3.95. The number of carbonyl (C=O) groups is 1. The number of nitrogens with zero attached hydrogens (tertiary/aromatic N) is 2. The average Bonchev–Trinajstić information content (AvgIpc) is 3.25. The Kier molecular flexibility index (Phi) is 6.75. The van der Waals surface area contributed by atoms with Crippen LogP contribution in [0.4, 0.5) is 10.1 Å². The molecular formula is C21H23ClFN3O3S. The van der Waals surface area contributed by atoms with Crippen molar-refractivity contribution in [1.29, 1.82) is 0 Å². The second kappa shape index (κ2) is 9.49. The molecule has 1 aliphatic carbocycles. The topological polar surface area (TPSA) is 73.2 Å². The Labute approximate surface area is 183 Å². The summed E-state index contributed by atoms with van der Waals surface area (Å²) in [5.41, 5.74) is 2.25. The number of aromatic nitrogens is 2. The number of fused-ring (bicyclic) bond motifs is 1. The summed E-state index contributed by atoms with van der Waals surface area (Å²) in [7, 11) is 0. The summed E-state index contributed by atoms with van der Waals surface area (Å²) in [6.07, 6.45) is 5.84. The lowest BCUT2D eigenvalue weighted by atomic mass is 9.97. The van der Waals surface area contributed by atoms with Gasteiger partial charge in [-0.05, 0) is 56.7 Å². The van der Waals surface area contributed by atoms with Gasteiger partial charge in [0.1, 0.15) is 10.8 Å². The van der Waals surface area contributed by atoms with Crippen LogP contribution >= 0.6 is 23.4 Å². The smallest absolute Gasteiger partial charge is 0.348 e. The molecule has 160 valence electrons. The maximum absolute atomic E-state index is 13.3. The van der Waals surface area contributed by atoms with Gasteiger partial charge in [-0.15, -0.1) is 0 Å². The molecule has 2 aromatic rings. The van der Waals surface area contributed by atoms with Crippen molar-refractivity contribution in [2.75, 3.05) is 17.7 Å². The van der Waals surface area contributed by atoms with Crippen LogP contribution in [0.25, 0.3) is 0 Å². The van der Waals surface area contributed by atoms with Crippen molar-refractivity contribution < 1.29 is 13.9 Å². The molecular weight excluding hydrogens is 429 g/mol. The first kappa shape index (κ1) is 21.3. The zero-order valence-electron chi connectivity index (χ0n) is 16.5. The number of rotatable bonds is 6. The molecule has 1 aromatic heterocycles. The fraction of sp³-hybridized carbons (Fsp3) is 0.476. The molecule has 1 saturated heterocycles. The van der Waals surface area contributed by atoms with E-state index in [0.29, 0.717) is 17.3 Å². The molecule has 1 aromatic carbocycles. The van der Waals surface area contributed by atoms with Crippen LogP contribution in [-0.4, -0.2) is 33.9 Å². The number of nitrogens with one attached hydrogen (secondary N) is 1. The van der Waals surface area contributed by atoms with E-state index in [0.717, 1.165) is 56.4 Å². The van der Waals surface area contributed by atoms with E-state index in [1.165, 1.54) is 30.0 Å². The molecule has 1 amide bonds. The van der Waals surface area contributed by atoms with Crippen LogP contribution in [0.3, 0.4) is 0 Å². The zero-order chi connectivity index (χ0) is 21.1. The van der Waals surface area contributed by atoms with Crippen molar-refractivity contribution in [2.45, 2.75) is 56.2 Å². The monoisotopic (exact) mass is 451 g/mol. The van der Waals surface area contributed by atoms with Gasteiger partial charge in [-0.3, -0.25) is 9.36 Å². The molecule has 0 spiro atoms. The number of hydrogen-bond acceptors (Lipinski definition) is 5. The minimum absolute atomic E-state index is 0.0500. The number of anilines is 1. The molecule has 4 rings (SSSR count). The summed E-state index contributed by atoms with van der Waals surface area (Å²) >= 11 is 7.02. The highest BCUT2D eigenvalue weighted by molar-refractivity contribution is 8.00. The van der Waals surface area contributed by atoms with E-state index in [2.05, 4.69) is 10.3 Å². The highest BCUT2D eigenvalue weighted by Gasteiger charge is 2.24. The molecule has 1 atom stereocenters. The summed E-state index contributed by atoms with van der Waals surface area (Å²) < 4.78 is 20.7. The van der Waals surface area contributed by atoms with Gasteiger partial charge in [0.2, 0.25) is 5.91 Å². The average molecular weight is 452 g/mol. The first-order valence-electron chi connectivity index (χ1n) is 10.1. The van der Waals surface area contributed by atoms with Crippen molar-refractivity contribution in [1.82, 2.24) is 9.55 Å². The van der Waals surface area contributed by atoms with E-state index in [4.69, 9.17) is 16.3 Å². The minimum atomic E-state index is -0.538. The van der Waals surface area contributed by atoms with E-state index in [9.17, 15) is 14.0 Å². The Morgan fingerprint density at radius 1 is 1.33 bits per heavy atom.